The quantitative estimate of drug-likeness (QED) is 0.503. The normalized spacial score (nSPS) is 19.2. The number of unbranched alkanes of at least 4 members (excludes halogenated alkanes) is 1. The Labute approximate surface area is 80.2 Å². The standard InChI is InChI=1S/C11H19NO/c1-2-3-4-6-10(13)11(9-12)7-5-8-11/h2H,1,3-9,12H2. The van der Waals surface area contributed by atoms with Crippen LogP contribution in [0.1, 0.15) is 38.5 Å². The number of nitrogens with two attached hydrogens (primary N) is 1. The Bertz CT molecular complexity index is 189. The highest BCUT2D eigenvalue weighted by Gasteiger charge is 2.41. The second-order valence-corrected chi connectivity index (χ2v) is 3.94. The Balaban J connectivity index is 2.32. The molecule has 1 fully saturated rings. The molecule has 0 radical (unpaired) electrons. The molecule has 0 unspecified atom stereocenters. The van der Waals surface area contributed by atoms with E-state index >= 15 is 0 Å². The molecule has 0 spiro atoms. The van der Waals surface area contributed by atoms with Crippen molar-refractivity contribution in [1.29, 1.82) is 0 Å². The minimum Gasteiger partial charge on any atom is -0.329 e. The third kappa shape index (κ3) is 2.19. The molecule has 0 aromatic heterocycles. The number of hydrogen-bond donors (Lipinski definition) is 1. The van der Waals surface area contributed by atoms with Crippen LogP contribution in [0, 0.1) is 5.41 Å². The molecule has 0 heterocycles. The first-order chi connectivity index (χ1) is 6.25. The topological polar surface area (TPSA) is 43.1 Å². The number of allylic oxidation sites excluding steroid dienone is 1. The zero-order valence-electron chi connectivity index (χ0n) is 8.22. The number of ketones is 1. The SMILES string of the molecule is C=CCCCC(=O)C1(CN)CCC1. The van der Waals surface area contributed by atoms with Crippen LogP contribution in [0.2, 0.25) is 0 Å². The molecule has 1 aliphatic rings. The first kappa shape index (κ1) is 10.5. The van der Waals surface area contributed by atoms with Gasteiger partial charge in [0.05, 0.1) is 0 Å². The molecule has 0 aromatic carbocycles. The Hall–Kier alpha value is -0.630. The largest absolute Gasteiger partial charge is 0.329 e. The van der Waals surface area contributed by atoms with E-state index in [-0.39, 0.29) is 5.41 Å². The van der Waals surface area contributed by atoms with Gasteiger partial charge in [0.25, 0.3) is 0 Å². The van der Waals surface area contributed by atoms with Gasteiger partial charge in [0.2, 0.25) is 0 Å². The van der Waals surface area contributed by atoms with Crippen LogP contribution in [0.3, 0.4) is 0 Å². The number of carbonyl (C=O) groups is 1. The number of rotatable bonds is 6. The minimum atomic E-state index is -0.124. The summed E-state index contributed by atoms with van der Waals surface area (Å²) in [6.07, 6.45) is 7.61. The highest BCUT2D eigenvalue weighted by Crippen LogP contribution is 2.41. The summed E-state index contributed by atoms with van der Waals surface area (Å²) in [5.41, 5.74) is 5.51. The van der Waals surface area contributed by atoms with E-state index in [0.717, 1.165) is 25.7 Å². The van der Waals surface area contributed by atoms with Gasteiger partial charge in [-0.05, 0) is 25.7 Å². The van der Waals surface area contributed by atoms with Gasteiger partial charge >= 0.3 is 0 Å². The molecule has 2 nitrogen and oxygen atoms in total. The lowest BCUT2D eigenvalue weighted by Crippen LogP contribution is -2.44. The molecule has 0 saturated heterocycles. The van der Waals surface area contributed by atoms with Crippen LogP contribution in [-0.4, -0.2) is 12.3 Å². The molecule has 2 heteroatoms. The van der Waals surface area contributed by atoms with Crippen molar-refractivity contribution < 1.29 is 4.79 Å². The summed E-state index contributed by atoms with van der Waals surface area (Å²) in [6, 6.07) is 0. The van der Waals surface area contributed by atoms with Gasteiger partial charge in [-0.15, -0.1) is 6.58 Å². The highest BCUT2D eigenvalue weighted by atomic mass is 16.1. The second kappa shape index (κ2) is 4.56. The third-order valence-corrected chi connectivity index (χ3v) is 3.10. The van der Waals surface area contributed by atoms with Crippen LogP contribution < -0.4 is 5.73 Å². The van der Waals surface area contributed by atoms with Gasteiger partial charge in [0.1, 0.15) is 5.78 Å². The molecule has 2 N–H and O–H groups in total. The van der Waals surface area contributed by atoms with Crippen molar-refractivity contribution in [2.24, 2.45) is 11.1 Å². The van der Waals surface area contributed by atoms with Crippen molar-refractivity contribution in [2.45, 2.75) is 38.5 Å². The molecule has 13 heavy (non-hydrogen) atoms. The summed E-state index contributed by atoms with van der Waals surface area (Å²) < 4.78 is 0. The molecule has 1 aliphatic carbocycles. The van der Waals surface area contributed by atoms with Crippen molar-refractivity contribution in [2.75, 3.05) is 6.54 Å². The van der Waals surface area contributed by atoms with Crippen molar-refractivity contribution in [1.82, 2.24) is 0 Å². The van der Waals surface area contributed by atoms with Gasteiger partial charge in [0.15, 0.2) is 0 Å². The number of carbonyl (C=O) groups excluding carboxylic acids is 1. The van der Waals surface area contributed by atoms with Gasteiger partial charge in [-0.2, -0.15) is 0 Å². The average molecular weight is 181 g/mol. The van der Waals surface area contributed by atoms with Crippen molar-refractivity contribution in [3.63, 3.8) is 0 Å². The second-order valence-electron chi connectivity index (χ2n) is 3.94. The fourth-order valence-electron chi connectivity index (χ4n) is 1.87. The summed E-state index contributed by atoms with van der Waals surface area (Å²) in [6.45, 7) is 4.18. The lowest BCUT2D eigenvalue weighted by Gasteiger charge is -2.39. The van der Waals surface area contributed by atoms with Crippen LogP contribution in [-0.2, 0) is 4.79 Å². The summed E-state index contributed by atoms with van der Waals surface area (Å²) >= 11 is 0. The van der Waals surface area contributed by atoms with Crippen LogP contribution in [0.5, 0.6) is 0 Å². The minimum absolute atomic E-state index is 0.124. The van der Waals surface area contributed by atoms with Gasteiger partial charge in [-0.25, -0.2) is 0 Å². The summed E-state index contributed by atoms with van der Waals surface area (Å²) in [5.74, 6) is 0.378. The average Bonchev–Trinajstić information content (AvgIpc) is 2.04. The molecule has 0 aromatic rings. The number of Topliss-reactive ketones (excluding diaryl/α,β-unsaturated/α-hetero) is 1. The zero-order valence-corrected chi connectivity index (χ0v) is 8.22. The first-order valence-electron chi connectivity index (χ1n) is 5.09. The molecular weight excluding hydrogens is 162 g/mol. The highest BCUT2D eigenvalue weighted by molar-refractivity contribution is 5.85. The fourth-order valence-corrected chi connectivity index (χ4v) is 1.87. The Morgan fingerprint density at radius 1 is 1.54 bits per heavy atom. The molecule has 1 rings (SSSR count). The zero-order chi connectivity index (χ0) is 9.73. The van der Waals surface area contributed by atoms with Crippen molar-refractivity contribution in [3.8, 4) is 0 Å². The summed E-state index contributed by atoms with van der Waals surface area (Å²) in [4.78, 5) is 11.7. The fraction of sp³-hybridized carbons (Fsp3) is 0.727. The predicted molar refractivity (Wildman–Crippen MR) is 54.4 cm³/mol. The van der Waals surface area contributed by atoms with Crippen LogP contribution in [0.15, 0.2) is 12.7 Å². The van der Waals surface area contributed by atoms with Gasteiger partial charge in [-0.1, -0.05) is 12.5 Å². The molecular formula is C11H19NO. The maximum atomic E-state index is 11.7. The monoisotopic (exact) mass is 181 g/mol. The van der Waals surface area contributed by atoms with E-state index in [0.29, 0.717) is 18.7 Å². The predicted octanol–water partition coefficient (Wildman–Crippen LogP) is 2.04. The van der Waals surface area contributed by atoms with E-state index in [1.807, 2.05) is 6.08 Å². The Morgan fingerprint density at radius 2 is 2.23 bits per heavy atom. The van der Waals surface area contributed by atoms with E-state index in [4.69, 9.17) is 5.73 Å². The van der Waals surface area contributed by atoms with Gasteiger partial charge in [-0.3, -0.25) is 4.79 Å². The summed E-state index contributed by atoms with van der Waals surface area (Å²) in [7, 11) is 0. The van der Waals surface area contributed by atoms with Crippen LogP contribution >= 0.6 is 0 Å². The summed E-state index contributed by atoms with van der Waals surface area (Å²) in [5, 5.41) is 0. The molecule has 74 valence electrons. The molecule has 0 bridgehead atoms. The number of hydrogen-bond acceptors (Lipinski definition) is 2. The Morgan fingerprint density at radius 3 is 2.62 bits per heavy atom. The van der Waals surface area contributed by atoms with Crippen LogP contribution in [0.4, 0.5) is 0 Å². The first-order valence-corrected chi connectivity index (χ1v) is 5.09. The van der Waals surface area contributed by atoms with Gasteiger partial charge in [0, 0.05) is 18.4 Å². The maximum Gasteiger partial charge on any atom is 0.140 e. The van der Waals surface area contributed by atoms with Gasteiger partial charge < -0.3 is 5.73 Å². The van der Waals surface area contributed by atoms with Crippen molar-refractivity contribution in [3.05, 3.63) is 12.7 Å². The van der Waals surface area contributed by atoms with Crippen molar-refractivity contribution >= 4 is 5.78 Å². The Kier molecular flexibility index (Phi) is 3.67. The lowest BCUT2D eigenvalue weighted by molar-refractivity contribution is -0.132. The van der Waals surface area contributed by atoms with E-state index in [9.17, 15) is 4.79 Å². The third-order valence-electron chi connectivity index (χ3n) is 3.10. The van der Waals surface area contributed by atoms with E-state index in [1.54, 1.807) is 0 Å². The maximum absolute atomic E-state index is 11.7. The molecule has 0 atom stereocenters. The molecule has 1 saturated carbocycles. The molecule has 0 amide bonds. The van der Waals surface area contributed by atoms with Crippen LogP contribution in [0.25, 0.3) is 0 Å². The lowest BCUT2D eigenvalue weighted by atomic mass is 9.65. The van der Waals surface area contributed by atoms with E-state index in [2.05, 4.69) is 6.58 Å². The smallest absolute Gasteiger partial charge is 0.140 e. The molecule has 0 aliphatic heterocycles. The van der Waals surface area contributed by atoms with E-state index in [1.165, 1.54) is 6.42 Å². The van der Waals surface area contributed by atoms with E-state index < -0.39 is 0 Å².